The van der Waals surface area contributed by atoms with Gasteiger partial charge in [-0.15, -0.1) is 0 Å². The first kappa shape index (κ1) is 14.4. The largest absolute Gasteiger partial charge is 0.330 e. The Kier molecular flexibility index (Phi) is 10.8. The number of rotatable bonds is 5. The summed E-state index contributed by atoms with van der Waals surface area (Å²) < 4.78 is 0. The van der Waals surface area contributed by atoms with Crippen LogP contribution in [-0.2, 0) is 0 Å². The van der Waals surface area contributed by atoms with Crippen LogP contribution in [0.15, 0.2) is 0 Å². The van der Waals surface area contributed by atoms with E-state index in [2.05, 4.69) is 19.2 Å². The summed E-state index contributed by atoms with van der Waals surface area (Å²) in [5.74, 6) is 0. The van der Waals surface area contributed by atoms with Crippen molar-refractivity contribution in [2.24, 2.45) is 11.1 Å². The lowest BCUT2D eigenvalue weighted by Gasteiger charge is -2.25. The first-order chi connectivity index (χ1) is 5.68. The van der Waals surface area contributed by atoms with Gasteiger partial charge >= 0.3 is 0 Å². The molecule has 0 rings (SSSR count). The molecule has 78 valence electrons. The summed E-state index contributed by atoms with van der Waals surface area (Å²) in [6.45, 7) is 10.3. The van der Waals surface area contributed by atoms with Gasteiger partial charge < -0.3 is 11.1 Å². The van der Waals surface area contributed by atoms with Gasteiger partial charge in [-0.3, -0.25) is 0 Å². The van der Waals surface area contributed by atoms with E-state index in [0.717, 1.165) is 13.1 Å². The third-order valence-electron chi connectivity index (χ3n) is 2.32. The molecule has 0 aliphatic carbocycles. The smallest absolute Gasteiger partial charge is 0 e. The molecule has 2 nitrogen and oxygen atoms in total. The van der Waals surface area contributed by atoms with Gasteiger partial charge in [0.15, 0.2) is 0 Å². The molecule has 0 aromatic rings. The second-order valence-corrected chi connectivity index (χ2v) is 3.22. The minimum atomic E-state index is 0. The lowest BCUT2D eigenvalue weighted by atomic mass is 9.84. The van der Waals surface area contributed by atoms with E-state index in [1.807, 2.05) is 20.9 Å². The summed E-state index contributed by atoms with van der Waals surface area (Å²) in [6.07, 6.45) is 2.35. The predicted molar refractivity (Wildman–Crippen MR) is 59.5 cm³/mol. The maximum atomic E-state index is 5.63. The number of nitrogens with two attached hydrogens (primary N) is 1. The lowest BCUT2D eigenvalue weighted by molar-refractivity contribution is 0.294. The maximum Gasteiger partial charge on any atom is 0 e. The second kappa shape index (κ2) is 9.01. The summed E-state index contributed by atoms with van der Waals surface area (Å²) >= 11 is 0. The predicted octanol–water partition coefficient (Wildman–Crippen LogP) is 2.24. The standard InChI is InChI=1S/C8H20N2.C2H6.H2/c1-4-8(2,7-9)5-6-10-3;1-2;/h10H,4-7,9H2,1-3H3;1-2H3;1H. The Bertz CT molecular complexity index is 83.0. The third kappa shape index (κ3) is 6.62. The fourth-order valence-electron chi connectivity index (χ4n) is 0.850. The molecule has 0 saturated carbocycles. The Morgan fingerprint density at radius 1 is 1.42 bits per heavy atom. The first-order valence-electron chi connectivity index (χ1n) is 5.03. The average Bonchev–Trinajstić information content (AvgIpc) is 2.17. The van der Waals surface area contributed by atoms with Crippen molar-refractivity contribution >= 4 is 0 Å². The summed E-state index contributed by atoms with van der Waals surface area (Å²) in [7, 11) is 1.98. The highest BCUT2D eigenvalue weighted by Gasteiger charge is 2.18. The van der Waals surface area contributed by atoms with Crippen molar-refractivity contribution in [2.45, 2.75) is 40.5 Å². The Morgan fingerprint density at radius 2 is 1.92 bits per heavy atom. The van der Waals surface area contributed by atoms with E-state index in [-0.39, 0.29) is 1.43 Å². The van der Waals surface area contributed by atoms with Crippen molar-refractivity contribution in [3.63, 3.8) is 0 Å². The van der Waals surface area contributed by atoms with Gasteiger partial charge in [-0.25, -0.2) is 0 Å². The van der Waals surface area contributed by atoms with Crippen LogP contribution in [0.2, 0.25) is 0 Å². The minimum Gasteiger partial charge on any atom is -0.330 e. The highest BCUT2D eigenvalue weighted by molar-refractivity contribution is 4.73. The van der Waals surface area contributed by atoms with Crippen molar-refractivity contribution in [3.05, 3.63) is 0 Å². The molecule has 0 radical (unpaired) electrons. The van der Waals surface area contributed by atoms with Gasteiger partial charge in [-0.2, -0.15) is 0 Å². The minimum absolute atomic E-state index is 0. The van der Waals surface area contributed by atoms with Crippen LogP contribution in [0.3, 0.4) is 0 Å². The van der Waals surface area contributed by atoms with Crippen molar-refractivity contribution < 1.29 is 1.43 Å². The number of hydrogen-bond acceptors (Lipinski definition) is 2. The Hall–Kier alpha value is -0.0800. The zero-order chi connectivity index (χ0) is 10.0. The van der Waals surface area contributed by atoms with Crippen LogP contribution in [0.25, 0.3) is 0 Å². The molecule has 0 heterocycles. The monoisotopic (exact) mass is 176 g/mol. The van der Waals surface area contributed by atoms with Crippen molar-refractivity contribution in [1.82, 2.24) is 5.32 Å². The molecule has 0 bridgehead atoms. The molecule has 3 N–H and O–H groups in total. The Labute approximate surface area is 79.4 Å². The molecule has 0 aromatic heterocycles. The number of nitrogens with one attached hydrogen (secondary N) is 1. The third-order valence-corrected chi connectivity index (χ3v) is 2.32. The molecule has 0 spiro atoms. The molecule has 1 unspecified atom stereocenters. The van der Waals surface area contributed by atoms with Crippen LogP contribution < -0.4 is 11.1 Å². The van der Waals surface area contributed by atoms with E-state index in [9.17, 15) is 0 Å². The molecule has 0 saturated heterocycles. The lowest BCUT2D eigenvalue weighted by Crippen LogP contribution is -2.29. The zero-order valence-corrected chi connectivity index (χ0v) is 9.41. The van der Waals surface area contributed by atoms with Gasteiger partial charge in [0.25, 0.3) is 0 Å². The molecule has 2 heteroatoms. The van der Waals surface area contributed by atoms with Crippen LogP contribution in [0.5, 0.6) is 0 Å². The van der Waals surface area contributed by atoms with Crippen molar-refractivity contribution in [3.8, 4) is 0 Å². The highest BCUT2D eigenvalue weighted by Crippen LogP contribution is 2.22. The molecule has 0 aromatic carbocycles. The molecule has 0 aliphatic heterocycles. The van der Waals surface area contributed by atoms with Gasteiger partial charge in [0.1, 0.15) is 0 Å². The molecule has 0 fully saturated rings. The van der Waals surface area contributed by atoms with E-state index in [0.29, 0.717) is 5.41 Å². The maximum absolute atomic E-state index is 5.63. The zero-order valence-electron chi connectivity index (χ0n) is 9.41. The van der Waals surface area contributed by atoms with Crippen LogP contribution in [0.4, 0.5) is 0 Å². The SMILES string of the molecule is CC.CCC(C)(CN)CCNC.[HH]. The molecule has 0 aliphatic rings. The molecular formula is C10H28N2. The number of hydrogen-bond donors (Lipinski definition) is 2. The Balaban J connectivity index is -0.000000309. The first-order valence-corrected chi connectivity index (χ1v) is 5.03. The van der Waals surface area contributed by atoms with Crippen molar-refractivity contribution in [2.75, 3.05) is 20.1 Å². The van der Waals surface area contributed by atoms with E-state index < -0.39 is 0 Å². The van der Waals surface area contributed by atoms with Gasteiger partial charge in [-0.1, -0.05) is 27.7 Å². The van der Waals surface area contributed by atoms with Crippen LogP contribution in [0.1, 0.15) is 42.0 Å². The van der Waals surface area contributed by atoms with Crippen molar-refractivity contribution in [1.29, 1.82) is 0 Å². The average molecular weight is 176 g/mol. The van der Waals surface area contributed by atoms with Gasteiger partial charge in [-0.05, 0) is 38.4 Å². The van der Waals surface area contributed by atoms with Gasteiger partial charge in [0.05, 0.1) is 0 Å². The quantitative estimate of drug-likeness (QED) is 0.674. The topological polar surface area (TPSA) is 38.0 Å². The highest BCUT2D eigenvalue weighted by atomic mass is 14.8. The summed E-state index contributed by atoms with van der Waals surface area (Å²) in [5.41, 5.74) is 5.98. The van der Waals surface area contributed by atoms with Gasteiger partial charge in [0.2, 0.25) is 0 Å². The Morgan fingerprint density at radius 3 is 2.17 bits per heavy atom. The summed E-state index contributed by atoms with van der Waals surface area (Å²) in [6, 6.07) is 0. The normalized spacial score (nSPS) is 14.5. The van der Waals surface area contributed by atoms with Crippen LogP contribution in [0, 0.1) is 5.41 Å². The fourth-order valence-corrected chi connectivity index (χ4v) is 0.850. The van der Waals surface area contributed by atoms with E-state index >= 15 is 0 Å². The molecule has 0 amide bonds. The van der Waals surface area contributed by atoms with Crippen LogP contribution >= 0.6 is 0 Å². The molecular weight excluding hydrogens is 148 g/mol. The van der Waals surface area contributed by atoms with E-state index in [1.165, 1.54) is 12.8 Å². The van der Waals surface area contributed by atoms with E-state index in [4.69, 9.17) is 5.73 Å². The second-order valence-electron chi connectivity index (χ2n) is 3.22. The molecule has 12 heavy (non-hydrogen) atoms. The fraction of sp³-hybridized carbons (Fsp3) is 1.00. The summed E-state index contributed by atoms with van der Waals surface area (Å²) in [5, 5.41) is 3.14. The summed E-state index contributed by atoms with van der Waals surface area (Å²) in [4.78, 5) is 0. The van der Waals surface area contributed by atoms with Gasteiger partial charge in [0, 0.05) is 1.43 Å². The van der Waals surface area contributed by atoms with Crippen LogP contribution in [-0.4, -0.2) is 20.1 Å². The van der Waals surface area contributed by atoms with E-state index in [1.54, 1.807) is 0 Å². The molecule has 1 atom stereocenters.